The third-order valence-electron chi connectivity index (χ3n) is 4.32. The molecule has 5 nitrogen and oxygen atoms in total. The van der Waals surface area contributed by atoms with E-state index in [1.165, 1.54) is 11.1 Å². The maximum Gasteiger partial charge on any atom is 0.269 e. The number of fused-ring (bicyclic) bond motifs is 1. The lowest BCUT2D eigenvalue weighted by atomic mass is 10.00. The number of aliphatic hydroxyl groups is 1. The lowest BCUT2D eigenvalue weighted by Crippen LogP contribution is -2.42. The molecule has 0 aliphatic carbocycles. The quantitative estimate of drug-likeness (QED) is 0.875. The van der Waals surface area contributed by atoms with E-state index in [4.69, 9.17) is 0 Å². The molecule has 0 saturated carbocycles. The van der Waals surface area contributed by atoms with Gasteiger partial charge in [0.1, 0.15) is 5.69 Å². The number of carbonyl (C=O) groups excluding carboxylic acids is 1. The molecule has 2 aromatic rings. The van der Waals surface area contributed by atoms with Gasteiger partial charge in [-0.3, -0.25) is 14.7 Å². The molecule has 1 amide bonds. The van der Waals surface area contributed by atoms with Crippen LogP contribution in [0.1, 0.15) is 27.2 Å². The van der Waals surface area contributed by atoms with E-state index >= 15 is 0 Å². The van der Waals surface area contributed by atoms with Crippen LogP contribution in [0.25, 0.3) is 0 Å². The summed E-state index contributed by atoms with van der Waals surface area (Å²) in [7, 11) is 0. The van der Waals surface area contributed by atoms with E-state index in [2.05, 4.69) is 33.4 Å². The summed E-state index contributed by atoms with van der Waals surface area (Å²) in [6, 6.07) is 12.0. The van der Waals surface area contributed by atoms with Crippen LogP contribution in [-0.4, -0.2) is 46.6 Å². The van der Waals surface area contributed by atoms with Crippen LogP contribution < -0.4 is 5.32 Å². The number of nitrogens with one attached hydrogen (secondary N) is 1. The summed E-state index contributed by atoms with van der Waals surface area (Å²) in [5.41, 5.74) is 4.09. The maximum atomic E-state index is 12.1. The van der Waals surface area contributed by atoms with Gasteiger partial charge in [-0.1, -0.05) is 24.3 Å². The topological polar surface area (TPSA) is 65.5 Å². The van der Waals surface area contributed by atoms with Crippen molar-refractivity contribution in [1.82, 2.24) is 15.2 Å². The summed E-state index contributed by atoms with van der Waals surface area (Å²) >= 11 is 0. The summed E-state index contributed by atoms with van der Waals surface area (Å²) < 4.78 is 0. The van der Waals surface area contributed by atoms with Gasteiger partial charge in [0.15, 0.2) is 0 Å². The number of hydrogen-bond donors (Lipinski definition) is 2. The molecule has 126 valence electrons. The fourth-order valence-electron chi connectivity index (χ4n) is 3.03. The van der Waals surface area contributed by atoms with Gasteiger partial charge in [0.25, 0.3) is 5.91 Å². The van der Waals surface area contributed by atoms with Crippen molar-refractivity contribution < 1.29 is 9.90 Å². The number of benzene rings is 1. The Morgan fingerprint density at radius 2 is 2.12 bits per heavy atom. The molecular weight excluding hydrogens is 302 g/mol. The zero-order chi connectivity index (χ0) is 16.9. The number of aryl methyl sites for hydroxylation is 1. The van der Waals surface area contributed by atoms with Gasteiger partial charge in [0.05, 0.1) is 6.10 Å². The minimum atomic E-state index is -0.593. The molecule has 2 N–H and O–H groups in total. The molecule has 0 saturated heterocycles. The molecule has 1 aromatic carbocycles. The van der Waals surface area contributed by atoms with Crippen LogP contribution in [0.5, 0.6) is 0 Å². The monoisotopic (exact) mass is 325 g/mol. The van der Waals surface area contributed by atoms with Crippen molar-refractivity contribution in [2.24, 2.45) is 0 Å². The molecule has 3 rings (SSSR count). The maximum absolute atomic E-state index is 12.1. The highest BCUT2D eigenvalue weighted by Gasteiger charge is 2.19. The largest absolute Gasteiger partial charge is 0.390 e. The number of aliphatic hydroxyl groups excluding tert-OH is 1. The van der Waals surface area contributed by atoms with Gasteiger partial charge in [-0.15, -0.1) is 0 Å². The summed E-state index contributed by atoms with van der Waals surface area (Å²) in [6.45, 7) is 4.48. The first-order valence-electron chi connectivity index (χ1n) is 8.30. The number of carbonyl (C=O) groups is 1. The first kappa shape index (κ1) is 16.6. The number of pyridine rings is 1. The first-order chi connectivity index (χ1) is 11.6. The number of aromatic nitrogens is 1. The van der Waals surface area contributed by atoms with E-state index in [0.29, 0.717) is 12.2 Å². The molecule has 24 heavy (non-hydrogen) atoms. The molecule has 2 heterocycles. The Balaban J connectivity index is 1.48. The normalized spacial score (nSPS) is 15.6. The van der Waals surface area contributed by atoms with Crippen molar-refractivity contribution >= 4 is 5.91 Å². The van der Waals surface area contributed by atoms with Crippen LogP contribution in [0.4, 0.5) is 0 Å². The summed E-state index contributed by atoms with van der Waals surface area (Å²) in [4.78, 5) is 18.3. The average molecular weight is 325 g/mol. The fraction of sp³-hybridized carbons (Fsp3) is 0.368. The summed E-state index contributed by atoms with van der Waals surface area (Å²) in [6.07, 6.45) is 2.03. The van der Waals surface area contributed by atoms with Crippen LogP contribution in [0, 0.1) is 6.92 Å². The van der Waals surface area contributed by atoms with E-state index in [-0.39, 0.29) is 12.5 Å². The molecule has 1 aromatic heterocycles. The number of hydrogen-bond acceptors (Lipinski definition) is 4. The number of nitrogens with zero attached hydrogens (tertiary/aromatic N) is 2. The molecule has 1 aliphatic heterocycles. The van der Waals surface area contributed by atoms with Gasteiger partial charge < -0.3 is 10.4 Å². The highest BCUT2D eigenvalue weighted by atomic mass is 16.3. The van der Waals surface area contributed by atoms with Crippen molar-refractivity contribution in [2.75, 3.05) is 19.6 Å². The Labute approximate surface area is 142 Å². The third-order valence-corrected chi connectivity index (χ3v) is 4.32. The second kappa shape index (κ2) is 7.55. The molecule has 0 bridgehead atoms. The Kier molecular flexibility index (Phi) is 5.23. The van der Waals surface area contributed by atoms with Gasteiger partial charge in [0, 0.05) is 32.4 Å². The molecule has 1 atom stereocenters. The van der Waals surface area contributed by atoms with Gasteiger partial charge in [0.2, 0.25) is 0 Å². The minimum Gasteiger partial charge on any atom is -0.390 e. The van der Waals surface area contributed by atoms with Gasteiger partial charge in [-0.2, -0.15) is 0 Å². The fourth-order valence-corrected chi connectivity index (χ4v) is 3.03. The van der Waals surface area contributed by atoms with Crippen LogP contribution in [0.2, 0.25) is 0 Å². The van der Waals surface area contributed by atoms with Crippen LogP contribution in [0.15, 0.2) is 42.6 Å². The minimum absolute atomic E-state index is 0.229. The number of rotatable bonds is 5. The third kappa shape index (κ3) is 4.19. The smallest absolute Gasteiger partial charge is 0.269 e. The van der Waals surface area contributed by atoms with Crippen LogP contribution in [-0.2, 0) is 13.0 Å². The van der Waals surface area contributed by atoms with Crippen LogP contribution in [0.3, 0.4) is 0 Å². The van der Waals surface area contributed by atoms with Crippen molar-refractivity contribution in [3.05, 3.63) is 65.0 Å². The Bertz CT molecular complexity index is 717. The predicted octanol–water partition coefficient (Wildman–Crippen LogP) is 1.54. The van der Waals surface area contributed by atoms with Crippen LogP contribution >= 0.6 is 0 Å². The van der Waals surface area contributed by atoms with E-state index < -0.39 is 6.10 Å². The SMILES string of the molecule is Cc1ccnc(C(=O)NCC(O)CN2CCc3ccccc3C2)c1. The molecule has 0 radical (unpaired) electrons. The zero-order valence-corrected chi connectivity index (χ0v) is 13.9. The highest BCUT2D eigenvalue weighted by Crippen LogP contribution is 2.18. The van der Waals surface area contributed by atoms with E-state index in [9.17, 15) is 9.90 Å². The molecule has 1 unspecified atom stereocenters. The van der Waals surface area contributed by atoms with Gasteiger partial charge >= 0.3 is 0 Å². The Morgan fingerprint density at radius 3 is 2.92 bits per heavy atom. The first-order valence-corrected chi connectivity index (χ1v) is 8.30. The average Bonchev–Trinajstić information content (AvgIpc) is 2.59. The Morgan fingerprint density at radius 1 is 1.33 bits per heavy atom. The Hall–Kier alpha value is -2.24. The van der Waals surface area contributed by atoms with E-state index in [1.807, 2.05) is 19.1 Å². The van der Waals surface area contributed by atoms with Crippen molar-refractivity contribution in [3.8, 4) is 0 Å². The molecule has 0 fully saturated rings. The number of β-amino-alcohol motifs (C(OH)–C–C–N with tert-alkyl or cyclic N) is 1. The molecular formula is C19H23N3O2. The summed E-state index contributed by atoms with van der Waals surface area (Å²) in [5, 5.41) is 13.0. The standard InChI is InChI=1S/C19H23N3O2/c1-14-6-8-20-18(10-14)19(24)21-11-17(23)13-22-9-7-15-4-2-3-5-16(15)12-22/h2-6,8,10,17,23H,7,9,11-13H2,1H3,(H,21,24). The number of amides is 1. The zero-order valence-electron chi connectivity index (χ0n) is 13.9. The van der Waals surface area contributed by atoms with Gasteiger partial charge in [-0.05, 0) is 42.2 Å². The van der Waals surface area contributed by atoms with Crippen molar-refractivity contribution in [2.45, 2.75) is 26.0 Å². The second-order valence-electron chi connectivity index (χ2n) is 6.34. The van der Waals surface area contributed by atoms with E-state index in [0.717, 1.165) is 25.1 Å². The van der Waals surface area contributed by atoms with Gasteiger partial charge in [-0.25, -0.2) is 0 Å². The lowest BCUT2D eigenvalue weighted by Gasteiger charge is -2.30. The molecule has 1 aliphatic rings. The molecule has 5 heteroatoms. The highest BCUT2D eigenvalue weighted by molar-refractivity contribution is 5.92. The van der Waals surface area contributed by atoms with E-state index in [1.54, 1.807) is 12.3 Å². The van der Waals surface area contributed by atoms with Crippen molar-refractivity contribution in [1.29, 1.82) is 0 Å². The second-order valence-corrected chi connectivity index (χ2v) is 6.34. The lowest BCUT2D eigenvalue weighted by molar-refractivity contribution is 0.0838. The molecule has 0 spiro atoms. The predicted molar refractivity (Wildman–Crippen MR) is 92.7 cm³/mol. The summed E-state index contributed by atoms with van der Waals surface area (Å²) in [5.74, 6) is -0.248. The van der Waals surface area contributed by atoms with Crippen molar-refractivity contribution in [3.63, 3.8) is 0 Å².